The van der Waals surface area contributed by atoms with Crippen molar-refractivity contribution >= 4 is 5.97 Å². The molecular formula is C17H31O4-. The van der Waals surface area contributed by atoms with E-state index in [2.05, 4.69) is 19.1 Å². The van der Waals surface area contributed by atoms with Gasteiger partial charge in [-0.1, -0.05) is 37.8 Å². The van der Waals surface area contributed by atoms with Crippen molar-refractivity contribution in [3.05, 3.63) is 19.1 Å². The van der Waals surface area contributed by atoms with Crippen molar-refractivity contribution in [2.24, 2.45) is 0 Å². The first-order valence-corrected chi connectivity index (χ1v) is 8.09. The minimum absolute atomic E-state index is 0.115. The van der Waals surface area contributed by atoms with Crippen LogP contribution in [0, 0.1) is 6.92 Å². The number of rotatable bonds is 14. The zero-order chi connectivity index (χ0) is 15.8. The van der Waals surface area contributed by atoms with E-state index in [-0.39, 0.29) is 19.2 Å². The molecule has 4 heteroatoms. The van der Waals surface area contributed by atoms with Crippen molar-refractivity contribution in [3.8, 4) is 0 Å². The summed E-state index contributed by atoms with van der Waals surface area (Å²) < 4.78 is 4.82. The summed E-state index contributed by atoms with van der Waals surface area (Å²) in [6, 6.07) is 0. The van der Waals surface area contributed by atoms with E-state index in [1.54, 1.807) is 0 Å². The number of ether oxygens (including phenoxy) is 1. The first-order chi connectivity index (χ1) is 10.2. The van der Waals surface area contributed by atoms with Crippen LogP contribution in [0.2, 0.25) is 0 Å². The molecule has 0 saturated carbocycles. The maximum atomic E-state index is 11.3. The van der Waals surface area contributed by atoms with Crippen molar-refractivity contribution in [1.29, 1.82) is 0 Å². The van der Waals surface area contributed by atoms with Gasteiger partial charge in [0.1, 0.15) is 12.7 Å². The van der Waals surface area contributed by atoms with Crippen molar-refractivity contribution in [3.63, 3.8) is 0 Å². The van der Waals surface area contributed by atoms with Crippen LogP contribution in [-0.4, -0.2) is 35.5 Å². The lowest BCUT2D eigenvalue weighted by molar-refractivity contribution is -0.147. The zero-order valence-electron chi connectivity index (χ0n) is 13.1. The third-order valence-electron chi connectivity index (χ3n) is 3.19. The molecule has 0 saturated heterocycles. The van der Waals surface area contributed by atoms with E-state index in [9.17, 15) is 4.79 Å². The summed E-state index contributed by atoms with van der Waals surface area (Å²) >= 11 is 0. The number of hydrogen-bond acceptors (Lipinski definition) is 4. The maximum Gasteiger partial charge on any atom is 0.305 e. The van der Waals surface area contributed by atoms with Crippen LogP contribution >= 0.6 is 0 Å². The Bertz CT molecular complexity index is 264. The van der Waals surface area contributed by atoms with Crippen molar-refractivity contribution in [1.82, 2.24) is 0 Å². The van der Waals surface area contributed by atoms with Gasteiger partial charge < -0.3 is 21.9 Å². The molecule has 0 aromatic heterocycles. The smallest absolute Gasteiger partial charge is 0.305 e. The van der Waals surface area contributed by atoms with E-state index in [1.807, 2.05) is 0 Å². The molecule has 0 radical (unpaired) electrons. The lowest BCUT2D eigenvalue weighted by Gasteiger charge is -2.08. The summed E-state index contributed by atoms with van der Waals surface area (Å²) in [6.45, 7) is 3.31. The topological polar surface area (TPSA) is 66.8 Å². The van der Waals surface area contributed by atoms with Gasteiger partial charge in [-0.25, -0.2) is 0 Å². The van der Waals surface area contributed by atoms with Gasteiger partial charge in [-0.05, 0) is 25.7 Å². The normalized spacial score (nSPS) is 12.7. The Hall–Kier alpha value is -0.870. The maximum absolute atomic E-state index is 11.3. The fourth-order valence-corrected chi connectivity index (χ4v) is 1.87. The quantitative estimate of drug-likeness (QED) is 0.224. The summed E-state index contributed by atoms with van der Waals surface area (Å²) in [7, 11) is 0. The van der Waals surface area contributed by atoms with Crippen LogP contribution in [0.15, 0.2) is 12.2 Å². The van der Waals surface area contributed by atoms with Gasteiger partial charge in [-0.2, -0.15) is 6.42 Å². The van der Waals surface area contributed by atoms with Crippen LogP contribution in [-0.2, 0) is 9.53 Å². The molecule has 0 fully saturated rings. The van der Waals surface area contributed by atoms with Crippen molar-refractivity contribution < 1.29 is 19.7 Å². The average molecular weight is 299 g/mol. The third-order valence-corrected chi connectivity index (χ3v) is 3.19. The standard InChI is InChI=1S/C17H31O4/c1-2-3-4-5-6-7-8-9-10-11-12-13-17(20)21-15-16(19)14-18/h5-6,16,18-19H,1-4,7-15H2/q-1/b6-5-/t16-/m1/s1. The number of aliphatic hydroxyl groups is 2. The van der Waals surface area contributed by atoms with Crippen LogP contribution in [0.1, 0.15) is 64.2 Å². The summed E-state index contributed by atoms with van der Waals surface area (Å²) in [5.74, 6) is -0.296. The third kappa shape index (κ3) is 15.3. The highest BCUT2D eigenvalue weighted by molar-refractivity contribution is 5.69. The van der Waals surface area contributed by atoms with Crippen LogP contribution in [0.5, 0.6) is 0 Å². The zero-order valence-corrected chi connectivity index (χ0v) is 13.1. The first kappa shape index (κ1) is 20.1. The Morgan fingerprint density at radius 2 is 1.67 bits per heavy atom. The molecule has 0 bridgehead atoms. The van der Waals surface area contributed by atoms with Crippen molar-refractivity contribution in [2.75, 3.05) is 13.2 Å². The molecule has 0 amide bonds. The largest absolute Gasteiger partial charge is 0.463 e. The minimum atomic E-state index is -0.962. The molecule has 0 aliphatic heterocycles. The minimum Gasteiger partial charge on any atom is -0.463 e. The number of carbonyl (C=O) groups excluding carboxylic acids is 1. The highest BCUT2D eigenvalue weighted by Gasteiger charge is 2.07. The molecule has 0 heterocycles. The average Bonchev–Trinajstić information content (AvgIpc) is 2.50. The molecule has 2 N–H and O–H groups in total. The molecule has 0 unspecified atom stereocenters. The Morgan fingerprint density at radius 1 is 1.05 bits per heavy atom. The van der Waals surface area contributed by atoms with Gasteiger partial charge in [0.25, 0.3) is 0 Å². The van der Waals surface area contributed by atoms with E-state index in [0.29, 0.717) is 6.42 Å². The Labute approximate surface area is 129 Å². The summed E-state index contributed by atoms with van der Waals surface area (Å²) in [5, 5.41) is 17.6. The van der Waals surface area contributed by atoms with E-state index in [0.717, 1.165) is 38.5 Å². The van der Waals surface area contributed by atoms with Crippen molar-refractivity contribution in [2.45, 2.75) is 70.3 Å². The Balaban J connectivity index is 3.24. The second kappa shape index (κ2) is 15.5. The van der Waals surface area contributed by atoms with Gasteiger partial charge in [0.15, 0.2) is 0 Å². The second-order valence-corrected chi connectivity index (χ2v) is 5.29. The number of esters is 1. The van der Waals surface area contributed by atoms with Gasteiger partial charge >= 0.3 is 5.97 Å². The molecule has 1 atom stereocenters. The van der Waals surface area contributed by atoms with E-state index >= 15 is 0 Å². The molecule has 0 rings (SSSR count). The van der Waals surface area contributed by atoms with E-state index in [4.69, 9.17) is 14.9 Å². The van der Waals surface area contributed by atoms with Crippen LogP contribution < -0.4 is 0 Å². The molecular weight excluding hydrogens is 268 g/mol. The Kier molecular flexibility index (Phi) is 14.9. The van der Waals surface area contributed by atoms with Gasteiger partial charge in [0.05, 0.1) is 6.61 Å². The van der Waals surface area contributed by atoms with Crippen LogP contribution in [0.4, 0.5) is 0 Å². The Morgan fingerprint density at radius 3 is 2.33 bits per heavy atom. The first-order valence-electron chi connectivity index (χ1n) is 8.09. The molecule has 21 heavy (non-hydrogen) atoms. The molecule has 0 aromatic carbocycles. The summed E-state index contributed by atoms with van der Waals surface area (Å²) in [5.41, 5.74) is 0. The molecule has 0 aliphatic rings. The lowest BCUT2D eigenvalue weighted by atomic mass is 10.1. The lowest BCUT2D eigenvalue weighted by Crippen LogP contribution is -2.21. The monoisotopic (exact) mass is 299 g/mol. The fraction of sp³-hybridized carbons (Fsp3) is 0.765. The number of aliphatic hydroxyl groups excluding tert-OH is 2. The van der Waals surface area contributed by atoms with Gasteiger partial charge in [0.2, 0.25) is 0 Å². The van der Waals surface area contributed by atoms with E-state index in [1.165, 1.54) is 19.3 Å². The molecule has 124 valence electrons. The highest BCUT2D eigenvalue weighted by Crippen LogP contribution is 2.08. The SMILES string of the molecule is [CH2-]CCC/C=C\CCCCCCCC(=O)OC[C@H](O)CO. The predicted octanol–water partition coefficient (Wildman–Crippen LogP) is 3.17. The number of hydrogen-bond donors (Lipinski definition) is 2. The number of allylic oxidation sites excluding steroid dienone is 2. The number of carbonyl (C=O) groups is 1. The van der Waals surface area contributed by atoms with Gasteiger partial charge in [-0.15, -0.1) is 0 Å². The summed E-state index contributed by atoms with van der Waals surface area (Å²) in [4.78, 5) is 11.3. The molecule has 4 nitrogen and oxygen atoms in total. The fourth-order valence-electron chi connectivity index (χ4n) is 1.87. The van der Waals surface area contributed by atoms with Gasteiger partial charge in [-0.3, -0.25) is 4.79 Å². The van der Waals surface area contributed by atoms with Crippen LogP contribution in [0.25, 0.3) is 0 Å². The van der Waals surface area contributed by atoms with Crippen LogP contribution in [0.3, 0.4) is 0 Å². The van der Waals surface area contributed by atoms with E-state index < -0.39 is 6.10 Å². The predicted molar refractivity (Wildman–Crippen MR) is 84.7 cm³/mol. The number of unbranched alkanes of at least 4 members (excludes halogenated alkanes) is 7. The highest BCUT2D eigenvalue weighted by atomic mass is 16.5. The van der Waals surface area contributed by atoms with Gasteiger partial charge in [0, 0.05) is 6.42 Å². The molecule has 0 aromatic rings. The molecule has 0 aliphatic carbocycles. The summed E-state index contributed by atoms with van der Waals surface area (Å²) in [6.07, 6.45) is 13.8. The molecule has 0 spiro atoms. The second-order valence-electron chi connectivity index (χ2n) is 5.29.